The quantitative estimate of drug-likeness (QED) is 0.0722. The summed E-state index contributed by atoms with van der Waals surface area (Å²) in [5.41, 5.74) is 4.37. The molecule has 0 saturated carbocycles. The topological polar surface area (TPSA) is 213 Å². The number of benzene rings is 5. The number of amides is 5. The van der Waals surface area contributed by atoms with E-state index in [1.54, 1.807) is 79.9 Å². The summed E-state index contributed by atoms with van der Waals surface area (Å²) in [7, 11) is 0. The van der Waals surface area contributed by atoms with Gasteiger partial charge in [0.2, 0.25) is 16.9 Å². The predicted molar refractivity (Wildman–Crippen MR) is 264 cm³/mol. The maximum absolute atomic E-state index is 14.6. The van der Waals surface area contributed by atoms with Gasteiger partial charge in [-0.3, -0.25) is 54.0 Å². The average molecular weight is 1010 g/mol. The van der Waals surface area contributed by atoms with E-state index in [1.807, 2.05) is 30.3 Å². The number of aryl methyl sites for hydroxylation is 2. The van der Waals surface area contributed by atoms with Crippen LogP contribution in [0.1, 0.15) is 94.6 Å². The molecule has 73 heavy (non-hydrogen) atoms. The van der Waals surface area contributed by atoms with Gasteiger partial charge in [-0.25, -0.2) is 9.67 Å². The zero-order valence-electron chi connectivity index (χ0n) is 38.8. The Morgan fingerprint density at radius 3 is 2.05 bits per heavy atom. The van der Waals surface area contributed by atoms with Crippen molar-refractivity contribution in [2.24, 2.45) is 0 Å². The molecule has 1 fully saturated rings. The first kappa shape index (κ1) is 47.8. The molecule has 5 N–H and O–H groups in total. The number of carbonyl (C=O) groups is 5. The number of anilines is 1. The molecule has 2 aliphatic heterocycles. The lowest BCUT2D eigenvalue weighted by atomic mass is 9.85. The highest BCUT2D eigenvalue weighted by Crippen LogP contribution is 2.36. The summed E-state index contributed by atoms with van der Waals surface area (Å²) in [6.07, 6.45) is -4.44. The second-order valence-corrected chi connectivity index (χ2v) is 18.4. The van der Waals surface area contributed by atoms with Gasteiger partial charge in [0.15, 0.2) is 0 Å². The van der Waals surface area contributed by atoms with Crippen molar-refractivity contribution in [2.45, 2.75) is 57.9 Å². The molecule has 0 bridgehead atoms. The summed E-state index contributed by atoms with van der Waals surface area (Å²) in [5, 5.41) is 16.5. The number of imide groups is 2. The number of halogens is 3. The first-order valence-electron chi connectivity index (χ1n) is 22.9. The number of H-pyrrole nitrogens is 2. The van der Waals surface area contributed by atoms with E-state index in [9.17, 15) is 46.7 Å². The molecule has 5 aromatic carbocycles. The van der Waals surface area contributed by atoms with Crippen LogP contribution in [0.5, 0.6) is 0 Å². The number of aromatic nitrogens is 5. The Morgan fingerprint density at radius 2 is 1.40 bits per heavy atom. The SMILES string of the molecule is Cc1[nH]n(-c2ccccc2)c(=O)c1C(c1ccc(C(=O)NCc2ccc(CNc3cccc4c3C(=O)N(C3CCC(=O)NC3=O)C4=O)cc2)cc1)c1c(C)[nH]n(-c2nc(-c3ccc(C(F)(F)F)cc3)cs2)c1=O. The fraction of sp³-hybridized carbons (Fsp3) is 0.170. The molecule has 20 heteroatoms. The molecule has 3 aromatic heterocycles. The van der Waals surface area contributed by atoms with Gasteiger partial charge in [0.05, 0.1) is 39.2 Å². The molecule has 0 radical (unpaired) electrons. The number of piperidine rings is 1. The molecule has 0 spiro atoms. The summed E-state index contributed by atoms with van der Waals surface area (Å²) >= 11 is 1.11. The first-order valence-corrected chi connectivity index (χ1v) is 23.8. The predicted octanol–water partition coefficient (Wildman–Crippen LogP) is 7.53. The number of nitrogens with one attached hydrogen (secondary N) is 5. The summed E-state index contributed by atoms with van der Waals surface area (Å²) in [6.45, 7) is 3.91. The van der Waals surface area contributed by atoms with Crippen LogP contribution in [-0.4, -0.2) is 65.0 Å². The van der Waals surface area contributed by atoms with Crippen molar-refractivity contribution in [1.82, 2.24) is 40.1 Å². The van der Waals surface area contributed by atoms with E-state index in [4.69, 9.17) is 0 Å². The van der Waals surface area contributed by atoms with Gasteiger partial charge < -0.3 is 10.6 Å². The van der Waals surface area contributed by atoms with Crippen LogP contribution in [0.25, 0.3) is 22.1 Å². The van der Waals surface area contributed by atoms with Crippen LogP contribution in [0, 0.1) is 13.8 Å². The van der Waals surface area contributed by atoms with Crippen LogP contribution in [0.2, 0.25) is 0 Å². The van der Waals surface area contributed by atoms with Crippen LogP contribution < -0.4 is 27.1 Å². The zero-order valence-corrected chi connectivity index (χ0v) is 39.6. The summed E-state index contributed by atoms with van der Waals surface area (Å²) in [4.78, 5) is 99.1. The minimum atomic E-state index is -4.50. The van der Waals surface area contributed by atoms with Crippen molar-refractivity contribution in [1.29, 1.82) is 0 Å². The highest BCUT2D eigenvalue weighted by Gasteiger charge is 2.45. The molecule has 2 atom stereocenters. The van der Waals surface area contributed by atoms with Gasteiger partial charge in [-0.05, 0) is 85.5 Å². The third-order valence-electron chi connectivity index (χ3n) is 13.0. The van der Waals surface area contributed by atoms with Crippen LogP contribution in [0.3, 0.4) is 0 Å². The molecule has 5 amide bonds. The molecule has 2 aliphatic rings. The Bertz CT molecular complexity index is 3610. The molecule has 0 aliphatic carbocycles. The van der Waals surface area contributed by atoms with Crippen molar-refractivity contribution >= 4 is 46.6 Å². The van der Waals surface area contributed by atoms with Gasteiger partial charge in [-0.2, -0.15) is 17.9 Å². The first-order chi connectivity index (χ1) is 35.0. The Balaban J connectivity index is 0.854. The number of thiazole rings is 1. The molecule has 1 saturated heterocycles. The van der Waals surface area contributed by atoms with E-state index in [1.165, 1.54) is 27.6 Å². The van der Waals surface area contributed by atoms with Crippen molar-refractivity contribution < 1.29 is 37.1 Å². The second kappa shape index (κ2) is 19.0. The lowest BCUT2D eigenvalue weighted by Gasteiger charge is -2.27. The molecule has 16 nitrogen and oxygen atoms in total. The Kier molecular flexibility index (Phi) is 12.4. The highest BCUT2D eigenvalue weighted by molar-refractivity contribution is 7.12. The van der Waals surface area contributed by atoms with Crippen LogP contribution in [-0.2, 0) is 28.9 Å². The van der Waals surface area contributed by atoms with Gasteiger partial charge >= 0.3 is 6.18 Å². The van der Waals surface area contributed by atoms with Crippen LogP contribution >= 0.6 is 11.3 Å². The number of fused-ring (bicyclic) bond motifs is 1. The Labute approximate surface area is 416 Å². The molecule has 5 heterocycles. The van der Waals surface area contributed by atoms with E-state index < -0.39 is 58.4 Å². The zero-order chi connectivity index (χ0) is 51.3. The minimum Gasteiger partial charge on any atom is -0.380 e. The third-order valence-corrected chi connectivity index (χ3v) is 13.8. The van der Waals surface area contributed by atoms with Gasteiger partial charge in [0.25, 0.3) is 28.8 Å². The summed E-state index contributed by atoms with van der Waals surface area (Å²) in [6, 6.07) is 31.3. The molecular formula is C53H42F3N9O7S. The van der Waals surface area contributed by atoms with Crippen LogP contribution in [0.15, 0.2) is 136 Å². The number of alkyl halides is 3. The Morgan fingerprint density at radius 1 is 0.753 bits per heavy atom. The largest absolute Gasteiger partial charge is 0.416 e. The molecule has 8 aromatic rings. The van der Waals surface area contributed by atoms with Gasteiger partial charge in [-0.15, -0.1) is 11.3 Å². The number of nitrogens with zero attached hydrogens (tertiary/aromatic N) is 4. The van der Waals surface area contributed by atoms with Crippen LogP contribution in [0.4, 0.5) is 18.9 Å². The second-order valence-electron chi connectivity index (χ2n) is 17.6. The maximum Gasteiger partial charge on any atom is 0.416 e. The monoisotopic (exact) mass is 1010 g/mol. The smallest absolute Gasteiger partial charge is 0.380 e. The number of hydrogen-bond donors (Lipinski definition) is 5. The number of hydrogen-bond acceptors (Lipinski definition) is 10. The number of carbonyl (C=O) groups excluding carboxylic acids is 5. The summed E-state index contributed by atoms with van der Waals surface area (Å²) in [5.74, 6) is -3.67. The van der Waals surface area contributed by atoms with Gasteiger partial charge in [0, 0.05) is 59.0 Å². The van der Waals surface area contributed by atoms with Crippen molar-refractivity contribution in [2.75, 3.05) is 5.32 Å². The van der Waals surface area contributed by atoms with Gasteiger partial charge in [-0.1, -0.05) is 72.8 Å². The van der Waals surface area contributed by atoms with Crippen molar-refractivity contribution in [3.05, 3.63) is 209 Å². The van der Waals surface area contributed by atoms with E-state index in [-0.39, 0.29) is 53.7 Å². The maximum atomic E-state index is 14.6. The van der Waals surface area contributed by atoms with E-state index >= 15 is 0 Å². The minimum absolute atomic E-state index is 0.0155. The van der Waals surface area contributed by atoms with E-state index in [0.717, 1.165) is 39.5 Å². The van der Waals surface area contributed by atoms with E-state index in [2.05, 4.69) is 31.1 Å². The number of aromatic amines is 2. The molecule has 10 rings (SSSR count). The molecule has 2 unspecified atom stereocenters. The van der Waals surface area contributed by atoms with E-state index in [0.29, 0.717) is 50.7 Å². The standard InChI is InChI=1S/C53H42F3N9O7S/c1-28-42(50(71)64(61-28)36-7-4-3-5-8-36)44(43-29(2)62-65(51(43)72)52-59-39(27-73-52)32-19-21-35(22-20-32)53(54,55)56)33-15-17-34(18-16-33)46(67)58-26-31-13-11-30(12-14-31)25-57-38-10-6-9-37-45(38)49(70)63(48(37)69)40-23-24-41(66)60-47(40)68/h3-22,27,40,44,57,61-62H,23-26H2,1-2H3,(H,58,67)(H,60,66,68). The average Bonchev–Trinajstić information content (AvgIpc) is 4.13. The normalized spacial score (nSPS) is 15.1. The molecule has 368 valence electrons. The highest BCUT2D eigenvalue weighted by atomic mass is 32.1. The third kappa shape index (κ3) is 9.07. The van der Waals surface area contributed by atoms with Gasteiger partial charge in [0.1, 0.15) is 6.04 Å². The Hall–Kier alpha value is -8.91. The fourth-order valence-corrected chi connectivity index (χ4v) is 10.0. The number of para-hydroxylation sites is 1. The number of rotatable bonds is 13. The lowest BCUT2D eigenvalue weighted by Crippen LogP contribution is -2.54. The van der Waals surface area contributed by atoms with Crippen molar-refractivity contribution in [3.8, 4) is 22.1 Å². The molecular weight excluding hydrogens is 964 g/mol. The lowest BCUT2D eigenvalue weighted by molar-refractivity contribution is -0.138. The summed E-state index contributed by atoms with van der Waals surface area (Å²) < 4.78 is 42.4. The van der Waals surface area contributed by atoms with Crippen molar-refractivity contribution in [3.63, 3.8) is 0 Å². The fourth-order valence-electron chi connectivity index (χ4n) is 9.25.